The molecule has 2 aromatic carbocycles. The van der Waals surface area contributed by atoms with Crippen LogP contribution in [0.3, 0.4) is 0 Å². The molecular weight excluding hydrogens is 449 g/mol. The summed E-state index contributed by atoms with van der Waals surface area (Å²) >= 11 is 12.2. The summed E-state index contributed by atoms with van der Waals surface area (Å²) in [5.74, 6) is -2.18. The second kappa shape index (κ2) is 6.56. The average molecular weight is 470 g/mol. The van der Waals surface area contributed by atoms with Crippen molar-refractivity contribution in [3.63, 3.8) is 0 Å². The molecule has 6 nitrogen and oxygen atoms in total. The minimum absolute atomic E-state index is 0.151. The standard InChI is InChI=1S/C24H21Cl2N3O3/c1-11-8-12(2)20-14(9-11)24(23(32)27-20)19-18(17-4-3-7-28(17)24)21(30)29(22(19)31)13-5-6-15(25)16(26)10-13/h5-6,8-10,17-19H,3-4,7H2,1-2H3,(H,27,32)/t17-,18-,19+,24-/m1/s1. The molecule has 0 unspecified atom stereocenters. The number of amides is 3. The molecule has 4 atom stereocenters. The van der Waals surface area contributed by atoms with Crippen LogP contribution in [0.2, 0.25) is 10.0 Å². The lowest BCUT2D eigenvalue weighted by Gasteiger charge is -2.36. The Morgan fingerprint density at radius 1 is 1.03 bits per heavy atom. The van der Waals surface area contributed by atoms with Gasteiger partial charge in [-0.05, 0) is 57.0 Å². The molecule has 3 amide bonds. The molecule has 0 radical (unpaired) electrons. The van der Waals surface area contributed by atoms with E-state index < -0.39 is 17.4 Å². The monoisotopic (exact) mass is 469 g/mol. The maximum Gasteiger partial charge on any atom is 0.250 e. The average Bonchev–Trinajstić information content (AvgIpc) is 3.44. The fourth-order valence-corrected chi connectivity index (χ4v) is 6.83. The van der Waals surface area contributed by atoms with Crippen LogP contribution >= 0.6 is 23.2 Å². The highest BCUT2D eigenvalue weighted by atomic mass is 35.5. The van der Waals surface area contributed by atoms with Gasteiger partial charge in [-0.25, -0.2) is 4.90 Å². The van der Waals surface area contributed by atoms with Crippen LogP contribution in [0.4, 0.5) is 11.4 Å². The Morgan fingerprint density at radius 2 is 1.81 bits per heavy atom. The normalized spacial score (nSPS) is 30.8. The summed E-state index contributed by atoms with van der Waals surface area (Å²) in [4.78, 5) is 44.7. The molecule has 6 rings (SSSR count). The largest absolute Gasteiger partial charge is 0.324 e. The van der Waals surface area contributed by atoms with Gasteiger partial charge in [0.05, 0.1) is 27.6 Å². The van der Waals surface area contributed by atoms with E-state index in [1.165, 1.54) is 11.0 Å². The fraction of sp³-hybridized carbons (Fsp3) is 0.375. The van der Waals surface area contributed by atoms with Gasteiger partial charge >= 0.3 is 0 Å². The zero-order valence-corrected chi connectivity index (χ0v) is 19.1. The van der Waals surface area contributed by atoms with Crippen LogP contribution in [0.5, 0.6) is 0 Å². The first kappa shape index (κ1) is 20.2. The highest BCUT2D eigenvalue weighted by Gasteiger charge is 2.74. The van der Waals surface area contributed by atoms with Crippen molar-refractivity contribution < 1.29 is 14.4 Å². The molecule has 0 bridgehead atoms. The number of hydrogen-bond acceptors (Lipinski definition) is 4. The Bertz CT molecular complexity index is 1250. The first-order valence-corrected chi connectivity index (χ1v) is 11.5. The van der Waals surface area contributed by atoms with Crippen molar-refractivity contribution in [3.05, 3.63) is 57.1 Å². The summed E-state index contributed by atoms with van der Waals surface area (Å²) < 4.78 is 0. The van der Waals surface area contributed by atoms with Gasteiger partial charge in [-0.15, -0.1) is 0 Å². The molecule has 4 heterocycles. The van der Waals surface area contributed by atoms with Crippen molar-refractivity contribution in [1.29, 1.82) is 0 Å². The maximum atomic E-state index is 13.9. The summed E-state index contributed by atoms with van der Waals surface area (Å²) in [6.07, 6.45) is 1.67. The number of aryl methyl sites for hydroxylation is 2. The van der Waals surface area contributed by atoms with Gasteiger partial charge in [0, 0.05) is 17.3 Å². The minimum Gasteiger partial charge on any atom is -0.324 e. The number of nitrogens with one attached hydrogen (secondary N) is 1. The molecule has 1 spiro atoms. The number of imide groups is 1. The minimum atomic E-state index is -1.17. The van der Waals surface area contributed by atoms with Crippen molar-refractivity contribution in [2.75, 3.05) is 16.8 Å². The molecule has 3 fully saturated rings. The molecule has 2 aromatic rings. The third-order valence-corrected chi connectivity index (χ3v) is 8.34. The SMILES string of the molecule is Cc1cc(C)c2c(c1)[C@]1(C(=O)N2)[C@@H]2C(=O)N(c3ccc(Cl)c(Cl)c3)C(=O)[C@@H]2[C@H]2CCCN21. The van der Waals surface area contributed by atoms with Crippen LogP contribution in [0.1, 0.15) is 29.5 Å². The third-order valence-electron chi connectivity index (χ3n) is 7.60. The highest BCUT2D eigenvalue weighted by molar-refractivity contribution is 6.42. The molecule has 8 heteroatoms. The van der Waals surface area contributed by atoms with Crippen LogP contribution in [-0.2, 0) is 19.9 Å². The Kier molecular flexibility index (Phi) is 4.15. The van der Waals surface area contributed by atoms with E-state index in [1.807, 2.05) is 26.0 Å². The van der Waals surface area contributed by atoms with Crippen molar-refractivity contribution in [1.82, 2.24) is 4.90 Å². The second-order valence-corrected chi connectivity index (χ2v) is 10.1. The summed E-state index contributed by atoms with van der Waals surface area (Å²) in [5, 5.41) is 3.68. The quantitative estimate of drug-likeness (QED) is 0.639. The first-order valence-electron chi connectivity index (χ1n) is 10.8. The van der Waals surface area contributed by atoms with Gasteiger partial charge in [-0.2, -0.15) is 0 Å². The summed E-state index contributed by atoms with van der Waals surface area (Å²) in [7, 11) is 0. The highest BCUT2D eigenvalue weighted by Crippen LogP contribution is 2.61. The van der Waals surface area contributed by atoms with Crippen LogP contribution in [0, 0.1) is 25.7 Å². The van der Waals surface area contributed by atoms with E-state index in [0.29, 0.717) is 17.3 Å². The van der Waals surface area contributed by atoms with Crippen molar-refractivity contribution in [3.8, 4) is 0 Å². The number of rotatable bonds is 1. The smallest absolute Gasteiger partial charge is 0.250 e. The number of nitrogens with zero attached hydrogens (tertiary/aromatic N) is 2. The lowest BCUT2D eigenvalue weighted by molar-refractivity contribution is -0.135. The van der Waals surface area contributed by atoms with Gasteiger partial charge < -0.3 is 5.32 Å². The molecule has 0 aromatic heterocycles. The molecule has 164 valence electrons. The predicted molar refractivity (Wildman–Crippen MR) is 122 cm³/mol. The zero-order chi connectivity index (χ0) is 22.5. The molecule has 3 saturated heterocycles. The molecule has 1 N–H and O–H groups in total. The number of benzene rings is 2. The second-order valence-electron chi connectivity index (χ2n) is 9.24. The lowest BCUT2D eigenvalue weighted by atomic mass is 9.75. The van der Waals surface area contributed by atoms with Crippen LogP contribution in [-0.4, -0.2) is 35.2 Å². The van der Waals surface area contributed by atoms with Crippen LogP contribution in [0.25, 0.3) is 0 Å². The van der Waals surface area contributed by atoms with Crippen LogP contribution in [0.15, 0.2) is 30.3 Å². The number of carbonyl (C=O) groups is 3. The number of anilines is 2. The first-order chi connectivity index (χ1) is 15.3. The van der Waals surface area contributed by atoms with E-state index in [1.54, 1.807) is 12.1 Å². The van der Waals surface area contributed by atoms with Crippen molar-refractivity contribution >= 4 is 52.3 Å². The summed E-state index contributed by atoms with van der Waals surface area (Å²) in [5.41, 5.74) is 2.78. The van der Waals surface area contributed by atoms with Gasteiger partial charge in [0.25, 0.3) is 0 Å². The summed E-state index contributed by atoms with van der Waals surface area (Å²) in [6, 6.07) is 8.61. The molecule has 4 aliphatic heterocycles. The van der Waals surface area contributed by atoms with E-state index in [0.717, 1.165) is 35.2 Å². The van der Waals surface area contributed by atoms with Gasteiger partial charge in [0.2, 0.25) is 17.7 Å². The molecule has 0 aliphatic carbocycles. The Hall–Kier alpha value is -2.41. The lowest BCUT2D eigenvalue weighted by Crippen LogP contribution is -2.54. The molecule has 32 heavy (non-hydrogen) atoms. The Morgan fingerprint density at radius 3 is 2.56 bits per heavy atom. The predicted octanol–water partition coefficient (Wildman–Crippen LogP) is 4.04. The van der Waals surface area contributed by atoms with E-state index in [4.69, 9.17) is 23.2 Å². The number of hydrogen-bond donors (Lipinski definition) is 1. The van der Waals surface area contributed by atoms with Crippen LogP contribution < -0.4 is 10.2 Å². The van der Waals surface area contributed by atoms with Gasteiger partial charge in [-0.1, -0.05) is 40.9 Å². The van der Waals surface area contributed by atoms with E-state index in [9.17, 15) is 14.4 Å². The van der Waals surface area contributed by atoms with E-state index in [2.05, 4.69) is 10.2 Å². The van der Waals surface area contributed by atoms with Crippen molar-refractivity contribution in [2.45, 2.75) is 38.3 Å². The van der Waals surface area contributed by atoms with Gasteiger partial charge in [0.15, 0.2) is 0 Å². The Balaban J connectivity index is 1.57. The molecular formula is C24H21Cl2N3O3. The topological polar surface area (TPSA) is 69.7 Å². The number of carbonyl (C=O) groups excluding carboxylic acids is 3. The van der Waals surface area contributed by atoms with E-state index in [-0.39, 0.29) is 28.8 Å². The van der Waals surface area contributed by atoms with Gasteiger partial charge in [0.1, 0.15) is 5.54 Å². The fourth-order valence-electron chi connectivity index (χ4n) is 6.54. The number of fused-ring (bicyclic) bond motifs is 7. The molecule has 0 saturated carbocycles. The Labute approximate surface area is 195 Å². The third kappa shape index (κ3) is 2.28. The maximum absolute atomic E-state index is 13.9. The van der Waals surface area contributed by atoms with E-state index >= 15 is 0 Å². The van der Waals surface area contributed by atoms with Gasteiger partial charge in [-0.3, -0.25) is 19.3 Å². The zero-order valence-electron chi connectivity index (χ0n) is 17.6. The van der Waals surface area contributed by atoms with Crippen molar-refractivity contribution in [2.24, 2.45) is 11.8 Å². The molecule has 4 aliphatic rings. The summed E-state index contributed by atoms with van der Waals surface area (Å²) in [6.45, 7) is 4.63. The number of halogens is 2.